The van der Waals surface area contributed by atoms with E-state index < -0.39 is 69.0 Å². The Labute approximate surface area is 564 Å². The molecule has 6 fully saturated rings. The summed E-state index contributed by atoms with van der Waals surface area (Å²) in [6.45, 7) is 20.3. The number of nitrogens with two attached hydrogens (primary N) is 1. The lowest BCUT2D eigenvalue weighted by atomic mass is 9.51. The van der Waals surface area contributed by atoms with Gasteiger partial charge in [-0.3, -0.25) is 28.8 Å². The van der Waals surface area contributed by atoms with E-state index in [2.05, 4.69) is 48.3 Å². The summed E-state index contributed by atoms with van der Waals surface area (Å²) in [5.74, 6) is -6.26. The number of rotatable bonds is 12. The van der Waals surface area contributed by atoms with Crippen molar-refractivity contribution in [3.63, 3.8) is 0 Å². The largest absolute Gasteiger partial charge is 0.481 e. The van der Waals surface area contributed by atoms with Gasteiger partial charge in [0.15, 0.2) is 21.9 Å². The first-order valence-corrected chi connectivity index (χ1v) is 34.7. The number of carboxylic acid groups (broad SMARTS) is 1. The van der Waals surface area contributed by atoms with Gasteiger partial charge in [-0.05, 0) is 204 Å². The summed E-state index contributed by atoms with van der Waals surface area (Å²) < 4.78 is 43.1. The molecule has 504 valence electrons. The molecule has 0 bridgehead atoms. The highest BCUT2D eigenvalue weighted by molar-refractivity contribution is 6.32. The van der Waals surface area contributed by atoms with Crippen molar-refractivity contribution in [2.24, 2.45) is 45.1 Å². The van der Waals surface area contributed by atoms with Crippen molar-refractivity contribution in [3.8, 4) is 0 Å². The highest BCUT2D eigenvalue weighted by atomic mass is 35.5. The van der Waals surface area contributed by atoms with Crippen LogP contribution in [0.2, 0.25) is 20.4 Å². The maximum absolute atomic E-state index is 16.2. The molecule has 8 aliphatic rings. The number of ketones is 1. The summed E-state index contributed by atoms with van der Waals surface area (Å²) in [6.07, 6.45) is 12.3. The van der Waals surface area contributed by atoms with E-state index in [1.807, 2.05) is 38.7 Å². The van der Waals surface area contributed by atoms with E-state index in [-0.39, 0.29) is 92.6 Å². The van der Waals surface area contributed by atoms with E-state index in [4.69, 9.17) is 61.6 Å². The fraction of sp³-hybridized carbons (Fsp3) is 0.606. The third-order valence-corrected chi connectivity index (χ3v) is 23.8. The molecule has 5 N–H and O–H groups in total. The Hall–Kier alpha value is -5.34. The zero-order chi connectivity index (χ0) is 67.3. The summed E-state index contributed by atoms with van der Waals surface area (Å²) in [5, 5.41) is 16.8. The topological polar surface area (TPSA) is 223 Å². The van der Waals surface area contributed by atoms with Gasteiger partial charge in [-0.2, -0.15) is 0 Å². The van der Waals surface area contributed by atoms with E-state index in [0.29, 0.717) is 85.4 Å². The predicted molar refractivity (Wildman–Crippen MR) is 356 cm³/mol. The van der Waals surface area contributed by atoms with Crippen molar-refractivity contribution in [3.05, 3.63) is 115 Å². The Bertz CT molecular complexity index is 3500. The smallest absolute Gasteiger partial charge is 0.307 e. The molecule has 2 aromatic heterocycles. The quantitative estimate of drug-likeness (QED) is 0.0973. The number of hydrogen-bond acceptors (Lipinski definition) is 11. The number of hydrogen-bond donors (Lipinski definition) is 4. The number of amides is 4. The lowest BCUT2D eigenvalue weighted by Crippen LogP contribution is -2.52. The van der Waals surface area contributed by atoms with Gasteiger partial charge in [-0.1, -0.05) is 86.2 Å². The van der Waals surface area contributed by atoms with Crippen molar-refractivity contribution >= 4 is 93.2 Å². The number of pyridine rings is 2. The van der Waals surface area contributed by atoms with Crippen LogP contribution in [0.3, 0.4) is 0 Å². The third-order valence-electron chi connectivity index (χ3n) is 22.8. The zero-order valence-electron chi connectivity index (χ0n) is 54.6. The van der Waals surface area contributed by atoms with Gasteiger partial charge in [-0.25, -0.2) is 18.7 Å². The second-order valence-electron chi connectivity index (χ2n) is 28.8. The molecule has 4 spiro atoms. The summed E-state index contributed by atoms with van der Waals surface area (Å²) in [4.78, 5) is 92.0. The number of carbonyl (C=O) groups is 6. The first-order valence-electron chi connectivity index (χ1n) is 33.2. The Morgan fingerprint density at radius 2 is 1.01 bits per heavy atom. The van der Waals surface area contributed by atoms with Crippen LogP contribution in [0, 0.1) is 51.0 Å². The van der Waals surface area contributed by atoms with Crippen molar-refractivity contribution in [1.29, 1.82) is 0 Å². The molecule has 6 heterocycles. The highest BCUT2D eigenvalue weighted by Crippen LogP contribution is 2.74. The van der Waals surface area contributed by atoms with Gasteiger partial charge in [0, 0.05) is 90.2 Å². The number of Topliss-reactive ketones (excluding diaryl/α,β-unsaturated/α-hetero) is 1. The predicted octanol–water partition coefficient (Wildman–Crippen LogP) is 14.3. The molecule has 4 aliphatic carbocycles. The fourth-order valence-corrected chi connectivity index (χ4v) is 18.4. The van der Waals surface area contributed by atoms with E-state index in [9.17, 15) is 33.9 Å². The van der Waals surface area contributed by atoms with E-state index in [1.165, 1.54) is 18.5 Å². The van der Waals surface area contributed by atoms with Crippen LogP contribution in [0.25, 0.3) is 0 Å². The summed E-state index contributed by atoms with van der Waals surface area (Å²) in [5.41, 5.74) is 5.22. The number of benzene rings is 2. The molecule has 4 amide bonds. The fourth-order valence-electron chi connectivity index (χ4n) is 17.8. The molecule has 0 radical (unpaired) electrons. The zero-order valence-corrected chi connectivity index (χ0v) is 57.6. The second kappa shape index (κ2) is 27.6. The van der Waals surface area contributed by atoms with Crippen LogP contribution in [0.15, 0.2) is 60.9 Å². The highest BCUT2D eigenvalue weighted by Gasteiger charge is 2.74. The average Bonchev–Trinajstić information content (AvgIpc) is 1.52. The number of nitrogens with one attached hydrogen (secondary N) is 2. The number of anilines is 2. The molecule has 10 atom stereocenters. The number of aromatic nitrogens is 2. The molecular formula is C71H89Cl4F2N7O9. The molecular weight excluding hydrogens is 1270 g/mol. The molecule has 4 aliphatic heterocycles. The normalized spacial score (nSPS) is 29.1. The molecule has 1 unspecified atom stereocenters. The number of carbonyl (C=O) groups excluding carboxylic acids is 5. The number of ether oxygens (including phenoxy) is 2. The maximum atomic E-state index is 16.2. The van der Waals surface area contributed by atoms with Crippen LogP contribution in [0.4, 0.5) is 20.2 Å². The van der Waals surface area contributed by atoms with Crippen LogP contribution < -0.4 is 16.4 Å². The van der Waals surface area contributed by atoms with Crippen molar-refractivity contribution in [2.45, 2.75) is 193 Å². The molecule has 4 saturated carbocycles. The standard InChI is InChI=1S/C36H44Cl2FN3O4.C25H25Cl2FN2O3.C10H20N2O2/c1-5-42(6-2)32(44)28-10-7-21(20-46-28)17-27(43)24-19-35(14-12-34(3,4)13-15-35)36(29(24)23-11-16-40-31(38)30(23)39)25-9-8-22(37)18-26(25)41-33(36)45;1-23(2)6-8-24(9-7-23)12-15(21(31)32)18(14-5-10-29-20(27)19(14)28)25(24)16-4-3-13(26)11-17(16)30-22(25)33;1-3-12(4-2)10(13)9-6-5-8(11)7-14-9/h8-9,11,16,18,21,24,28-29H,5-7,10,12-15,17,19-20H2,1-4H3,(H,41,45);3-5,10-11,15,18H,6-9,12H2,1-2H3,(H,30,33)(H,31,32);8-9H,3-7,11H2,1-2H3/t21-,24-,28-,29-,36+;15-,18+,25?;8-,9+/m011/s1. The molecule has 16 nitrogen and oxygen atoms in total. The number of carboxylic acids is 1. The molecule has 2 aromatic carbocycles. The van der Waals surface area contributed by atoms with Gasteiger partial charge in [0.25, 0.3) is 11.8 Å². The lowest BCUT2D eigenvalue weighted by molar-refractivity contribution is -0.149. The SMILES string of the molecule is CC1(C)CCC2(CC1)C[C@@H](C(=O)O)[C@H](c1ccnc(Cl)c1F)C21C(=O)Nc2cc(Cl)ccc21.CCN(CC)C(=O)[C@@H]1CC[C@@H](CC(=O)[C@@H]2CC3(CCC(C)(C)CC3)[C@@]3(C(=O)Nc4cc(Cl)ccc43)[C@H]2c2ccnc(Cl)c2F)CO1.CCN(CC)C(=O)[C@@H]1CC[C@@H](N)CO1. The second-order valence-corrected chi connectivity index (χ2v) is 30.4. The minimum absolute atomic E-state index is 0.00393. The Kier molecular flexibility index (Phi) is 20.9. The summed E-state index contributed by atoms with van der Waals surface area (Å²) >= 11 is 25.0. The van der Waals surface area contributed by atoms with Gasteiger partial charge in [0.05, 0.1) is 30.0 Å². The molecule has 12 rings (SSSR count). The van der Waals surface area contributed by atoms with Crippen molar-refractivity contribution in [2.75, 3.05) is 50.0 Å². The molecule has 93 heavy (non-hydrogen) atoms. The number of aliphatic carboxylic acids is 1. The van der Waals surface area contributed by atoms with Crippen LogP contribution >= 0.6 is 46.4 Å². The van der Waals surface area contributed by atoms with Crippen LogP contribution in [-0.2, 0) is 49.1 Å². The van der Waals surface area contributed by atoms with Gasteiger partial charge < -0.3 is 40.7 Å². The Balaban J connectivity index is 0.000000174. The minimum atomic E-state index is -1.25. The summed E-state index contributed by atoms with van der Waals surface area (Å²) in [7, 11) is 0. The number of halogens is 6. The first kappa shape index (κ1) is 70.5. The molecule has 22 heteroatoms. The number of likely N-dealkylation sites (N-methyl/N-ethyl adjacent to an activating group) is 2. The lowest BCUT2D eigenvalue weighted by Gasteiger charge is -2.51. The van der Waals surface area contributed by atoms with E-state index in [0.717, 1.165) is 70.0 Å². The van der Waals surface area contributed by atoms with Crippen LogP contribution in [0.5, 0.6) is 0 Å². The van der Waals surface area contributed by atoms with Gasteiger partial charge >= 0.3 is 5.97 Å². The number of fused-ring (bicyclic) bond motifs is 6. The van der Waals surface area contributed by atoms with E-state index in [1.54, 1.807) is 41.3 Å². The summed E-state index contributed by atoms with van der Waals surface area (Å²) in [6, 6.07) is 13.8. The van der Waals surface area contributed by atoms with Crippen molar-refractivity contribution < 1.29 is 52.1 Å². The molecule has 4 aromatic rings. The monoisotopic (exact) mass is 1360 g/mol. The average molecular weight is 1360 g/mol. The van der Waals surface area contributed by atoms with Crippen LogP contribution in [-0.4, -0.2) is 118 Å². The van der Waals surface area contributed by atoms with Crippen LogP contribution in [0.1, 0.15) is 186 Å². The Morgan fingerprint density at radius 1 is 0.602 bits per heavy atom. The Morgan fingerprint density at radius 3 is 1.40 bits per heavy atom. The third kappa shape index (κ3) is 12.8. The minimum Gasteiger partial charge on any atom is -0.481 e. The van der Waals surface area contributed by atoms with Gasteiger partial charge in [-0.15, -0.1) is 0 Å². The van der Waals surface area contributed by atoms with Gasteiger partial charge in [0.1, 0.15) is 18.0 Å². The first-order chi connectivity index (χ1) is 44.1. The molecule has 2 saturated heterocycles. The van der Waals surface area contributed by atoms with Crippen molar-refractivity contribution in [1.82, 2.24) is 19.8 Å². The van der Waals surface area contributed by atoms with Gasteiger partial charge in [0.2, 0.25) is 11.8 Å². The number of nitrogens with zero attached hydrogens (tertiary/aromatic N) is 4. The van der Waals surface area contributed by atoms with E-state index >= 15 is 8.78 Å². The maximum Gasteiger partial charge on any atom is 0.307 e.